The van der Waals surface area contributed by atoms with Gasteiger partial charge in [0.1, 0.15) is 24.4 Å². The molecule has 0 aromatic heterocycles. The van der Waals surface area contributed by atoms with Gasteiger partial charge in [-0.05, 0) is 5.56 Å². The second-order valence-corrected chi connectivity index (χ2v) is 5.34. The molecule has 6 atom stereocenters. The van der Waals surface area contributed by atoms with E-state index in [0.717, 1.165) is 0 Å². The summed E-state index contributed by atoms with van der Waals surface area (Å²) in [6.07, 6.45) is -9.13. The molecule has 0 saturated carbocycles. The van der Waals surface area contributed by atoms with Crippen LogP contribution in [-0.4, -0.2) is 74.9 Å². The van der Waals surface area contributed by atoms with Gasteiger partial charge in [-0.3, -0.25) is 0 Å². The first kappa shape index (κ1) is 17.8. The van der Waals surface area contributed by atoms with E-state index in [1.807, 2.05) is 0 Å². The number of carbonyl (C=O) groups is 1. The van der Waals surface area contributed by atoms with Crippen molar-refractivity contribution in [3.05, 3.63) is 35.9 Å². The van der Waals surface area contributed by atoms with Gasteiger partial charge in [0.2, 0.25) is 6.29 Å². The molecule has 1 aliphatic heterocycles. The van der Waals surface area contributed by atoms with Crippen molar-refractivity contribution in [2.24, 2.45) is 0 Å². The number of hydrogen-bond acceptors (Lipinski definition) is 8. The smallest absolute Gasteiger partial charge is 0.337 e. The van der Waals surface area contributed by atoms with Gasteiger partial charge in [-0.1, -0.05) is 30.3 Å². The average molecular weight is 328 g/mol. The monoisotopic (exact) mass is 328 g/mol. The molecule has 1 aromatic carbocycles. The molecule has 8 nitrogen and oxygen atoms in total. The standard InChI is InChI=1S/C15H20O8/c16-7-10-11(18)12(19)13(20)15(22-10)23-14(21)9(17)6-8-4-2-1-3-5-8/h1-5,9-13,15-20H,6-7H2/t9-,10-,11-,12?,13-,15-/m1/s1. The van der Waals surface area contributed by atoms with E-state index in [9.17, 15) is 25.2 Å². The van der Waals surface area contributed by atoms with Crippen LogP contribution in [0.25, 0.3) is 0 Å². The summed E-state index contributed by atoms with van der Waals surface area (Å²) < 4.78 is 9.88. The van der Waals surface area contributed by atoms with Crippen molar-refractivity contribution in [3.63, 3.8) is 0 Å². The van der Waals surface area contributed by atoms with Gasteiger partial charge in [-0.2, -0.15) is 0 Å². The molecule has 1 aliphatic rings. The molecule has 23 heavy (non-hydrogen) atoms. The lowest BCUT2D eigenvalue weighted by Gasteiger charge is -2.39. The largest absolute Gasteiger partial charge is 0.431 e. The Morgan fingerprint density at radius 2 is 1.78 bits per heavy atom. The third-order valence-corrected chi connectivity index (χ3v) is 3.62. The van der Waals surface area contributed by atoms with Gasteiger partial charge in [0.25, 0.3) is 0 Å². The quantitative estimate of drug-likeness (QED) is 0.389. The zero-order valence-corrected chi connectivity index (χ0v) is 12.2. The van der Waals surface area contributed by atoms with Crippen LogP contribution in [0.2, 0.25) is 0 Å². The van der Waals surface area contributed by atoms with Gasteiger partial charge >= 0.3 is 5.97 Å². The van der Waals surface area contributed by atoms with Gasteiger partial charge in [0.15, 0.2) is 6.10 Å². The van der Waals surface area contributed by atoms with Crippen LogP contribution in [0.15, 0.2) is 30.3 Å². The van der Waals surface area contributed by atoms with Crippen LogP contribution in [0.4, 0.5) is 0 Å². The molecular weight excluding hydrogens is 308 g/mol. The Balaban J connectivity index is 1.95. The summed E-state index contributed by atoms with van der Waals surface area (Å²) in [6, 6.07) is 8.76. The predicted octanol–water partition coefficient (Wildman–Crippen LogP) is -2.07. The fraction of sp³-hybridized carbons (Fsp3) is 0.533. The first-order valence-corrected chi connectivity index (χ1v) is 7.17. The molecule has 0 spiro atoms. The highest BCUT2D eigenvalue weighted by molar-refractivity contribution is 5.74. The summed E-state index contributed by atoms with van der Waals surface area (Å²) in [4.78, 5) is 11.9. The van der Waals surface area contributed by atoms with Crippen molar-refractivity contribution in [3.8, 4) is 0 Å². The average Bonchev–Trinajstić information content (AvgIpc) is 2.56. The van der Waals surface area contributed by atoms with E-state index >= 15 is 0 Å². The number of carbonyl (C=O) groups excluding carboxylic acids is 1. The number of hydrogen-bond donors (Lipinski definition) is 5. The molecule has 0 radical (unpaired) electrons. The molecule has 128 valence electrons. The molecule has 2 rings (SSSR count). The maximum atomic E-state index is 11.9. The van der Waals surface area contributed by atoms with Crippen LogP contribution in [0, 0.1) is 0 Å². The number of aliphatic hydroxyl groups excluding tert-OH is 5. The second kappa shape index (κ2) is 7.82. The number of ether oxygens (including phenoxy) is 2. The lowest BCUT2D eigenvalue weighted by Crippen LogP contribution is -2.59. The Hall–Kier alpha value is -1.55. The third kappa shape index (κ3) is 4.25. The molecule has 1 unspecified atom stereocenters. The van der Waals surface area contributed by atoms with E-state index in [4.69, 9.17) is 14.6 Å². The van der Waals surface area contributed by atoms with Gasteiger partial charge in [0.05, 0.1) is 6.61 Å². The van der Waals surface area contributed by atoms with Gasteiger partial charge in [-0.15, -0.1) is 0 Å². The SMILES string of the molecule is O=C(O[C@H]1O[C@H](CO)[C@@H](O)C(O)[C@H]1O)[C@H](O)Cc1ccccc1. The Labute approximate surface area is 132 Å². The molecule has 0 aliphatic carbocycles. The van der Waals surface area contributed by atoms with E-state index in [1.54, 1.807) is 30.3 Å². The van der Waals surface area contributed by atoms with E-state index in [0.29, 0.717) is 5.56 Å². The highest BCUT2D eigenvalue weighted by atomic mass is 16.7. The molecule has 1 aromatic rings. The molecule has 0 bridgehead atoms. The topological polar surface area (TPSA) is 137 Å². The lowest BCUT2D eigenvalue weighted by atomic mass is 9.99. The van der Waals surface area contributed by atoms with Crippen LogP contribution < -0.4 is 0 Å². The Bertz CT molecular complexity index is 505. The Morgan fingerprint density at radius 3 is 2.39 bits per heavy atom. The Morgan fingerprint density at radius 1 is 1.13 bits per heavy atom. The predicted molar refractivity (Wildman–Crippen MR) is 76.0 cm³/mol. The summed E-state index contributed by atoms with van der Waals surface area (Å²) in [5.41, 5.74) is 0.714. The molecule has 5 N–H and O–H groups in total. The Kier molecular flexibility index (Phi) is 6.05. The van der Waals surface area contributed by atoms with Crippen LogP contribution in [-0.2, 0) is 20.7 Å². The minimum atomic E-state index is -1.69. The summed E-state index contributed by atoms with van der Waals surface area (Å²) >= 11 is 0. The summed E-state index contributed by atoms with van der Waals surface area (Å²) in [5, 5.41) is 47.9. The van der Waals surface area contributed by atoms with E-state index in [2.05, 4.69) is 0 Å². The van der Waals surface area contributed by atoms with Crippen molar-refractivity contribution >= 4 is 5.97 Å². The normalized spacial score (nSPS) is 32.3. The first-order chi connectivity index (χ1) is 10.9. The highest BCUT2D eigenvalue weighted by Crippen LogP contribution is 2.22. The second-order valence-electron chi connectivity index (χ2n) is 5.34. The van der Waals surface area contributed by atoms with Crippen molar-refractivity contribution in [1.29, 1.82) is 0 Å². The number of aliphatic hydroxyl groups is 5. The van der Waals surface area contributed by atoms with E-state index in [-0.39, 0.29) is 6.42 Å². The van der Waals surface area contributed by atoms with Crippen molar-refractivity contribution < 1.29 is 39.8 Å². The van der Waals surface area contributed by atoms with E-state index < -0.39 is 49.4 Å². The molecule has 0 amide bonds. The fourth-order valence-electron chi connectivity index (χ4n) is 2.28. The molecule has 1 heterocycles. The number of esters is 1. The van der Waals surface area contributed by atoms with Crippen LogP contribution in [0.3, 0.4) is 0 Å². The van der Waals surface area contributed by atoms with Crippen molar-refractivity contribution in [2.75, 3.05) is 6.61 Å². The summed E-state index contributed by atoms with van der Waals surface area (Å²) in [6.45, 7) is -0.633. The fourth-order valence-corrected chi connectivity index (χ4v) is 2.28. The number of rotatable bonds is 5. The number of benzene rings is 1. The van der Waals surface area contributed by atoms with Crippen LogP contribution in [0.5, 0.6) is 0 Å². The van der Waals surface area contributed by atoms with E-state index in [1.165, 1.54) is 0 Å². The molecule has 1 saturated heterocycles. The maximum absolute atomic E-state index is 11.9. The lowest BCUT2D eigenvalue weighted by molar-refractivity contribution is -0.294. The zero-order valence-electron chi connectivity index (χ0n) is 12.2. The third-order valence-electron chi connectivity index (χ3n) is 3.62. The van der Waals surface area contributed by atoms with Gasteiger partial charge in [0, 0.05) is 6.42 Å². The van der Waals surface area contributed by atoms with Crippen LogP contribution >= 0.6 is 0 Å². The zero-order chi connectivity index (χ0) is 17.0. The van der Waals surface area contributed by atoms with Crippen molar-refractivity contribution in [1.82, 2.24) is 0 Å². The molecular formula is C15H20O8. The molecule has 1 fully saturated rings. The minimum absolute atomic E-state index is 0.0110. The summed E-state index contributed by atoms with van der Waals surface area (Å²) in [7, 11) is 0. The van der Waals surface area contributed by atoms with Crippen molar-refractivity contribution in [2.45, 2.75) is 43.2 Å². The van der Waals surface area contributed by atoms with Gasteiger partial charge in [-0.25, -0.2) is 4.79 Å². The maximum Gasteiger partial charge on any atom is 0.337 e. The van der Waals surface area contributed by atoms with Crippen LogP contribution in [0.1, 0.15) is 5.56 Å². The minimum Gasteiger partial charge on any atom is -0.431 e. The molecule has 8 heteroatoms. The van der Waals surface area contributed by atoms with Gasteiger partial charge < -0.3 is 35.0 Å². The first-order valence-electron chi connectivity index (χ1n) is 7.17. The highest BCUT2D eigenvalue weighted by Gasteiger charge is 2.45. The summed E-state index contributed by atoms with van der Waals surface area (Å²) in [5.74, 6) is -1.04.